The van der Waals surface area contributed by atoms with E-state index >= 15 is 0 Å². The SMILES string of the molecule is COC(=O)c1sc2cc(-c3ccccc3F)ccc2c1OCC(=O)OC(C)(C)C. The molecule has 29 heavy (non-hydrogen) atoms. The van der Waals surface area contributed by atoms with Crippen LogP contribution in [-0.2, 0) is 14.3 Å². The van der Waals surface area contributed by atoms with Crippen LogP contribution in [0.15, 0.2) is 42.5 Å². The molecule has 0 saturated heterocycles. The molecule has 0 N–H and O–H groups in total. The maximum absolute atomic E-state index is 14.1. The van der Waals surface area contributed by atoms with Gasteiger partial charge in [-0.15, -0.1) is 11.3 Å². The van der Waals surface area contributed by atoms with Crippen LogP contribution in [0.5, 0.6) is 5.75 Å². The molecule has 0 aliphatic carbocycles. The molecule has 0 saturated carbocycles. The maximum atomic E-state index is 14.1. The molecule has 1 aromatic heterocycles. The molecule has 0 aliphatic rings. The quantitative estimate of drug-likeness (QED) is 0.534. The van der Waals surface area contributed by atoms with Crippen LogP contribution < -0.4 is 4.74 Å². The molecular weight excluding hydrogens is 395 g/mol. The van der Waals surface area contributed by atoms with E-state index in [0.29, 0.717) is 21.2 Å². The summed E-state index contributed by atoms with van der Waals surface area (Å²) in [5, 5.41) is 0.638. The van der Waals surface area contributed by atoms with Gasteiger partial charge in [-0.1, -0.05) is 24.3 Å². The Balaban J connectivity index is 1.98. The standard InChI is InChI=1S/C22H21FO5S/c1-22(2,3)28-18(24)12-27-19-15-10-9-13(14-7-5-6-8-16(14)23)11-17(15)29-20(19)21(25)26-4/h5-11H,12H2,1-4H3. The summed E-state index contributed by atoms with van der Waals surface area (Å²) in [7, 11) is 1.27. The second-order valence-electron chi connectivity index (χ2n) is 7.32. The van der Waals surface area contributed by atoms with Gasteiger partial charge in [0.2, 0.25) is 0 Å². The van der Waals surface area contributed by atoms with E-state index in [2.05, 4.69) is 0 Å². The Labute approximate surface area is 172 Å². The highest BCUT2D eigenvalue weighted by Gasteiger charge is 2.23. The summed E-state index contributed by atoms with van der Waals surface area (Å²) in [6.45, 7) is 4.93. The molecule has 7 heteroatoms. The van der Waals surface area contributed by atoms with Crippen molar-refractivity contribution in [2.45, 2.75) is 26.4 Å². The molecule has 3 rings (SSSR count). The van der Waals surface area contributed by atoms with Crippen LogP contribution >= 0.6 is 11.3 Å². The lowest BCUT2D eigenvalue weighted by Crippen LogP contribution is -2.27. The van der Waals surface area contributed by atoms with Crippen LogP contribution in [0.2, 0.25) is 0 Å². The summed E-state index contributed by atoms with van der Waals surface area (Å²) < 4.78 is 30.6. The Kier molecular flexibility index (Phi) is 5.88. The van der Waals surface area contributed by atoms with Crippen molar-refractivity contribution < 1.29 is 28.2 Å². The number of benzene rings is 2. The molecule has 0 spiro atoms. The normalized spacial score (nSPS) is 11.3. The zero-order valence-corrected chi connectivity index (χ0v) is 17.4. The van der Waals surface area contributed by atoms with E-state index in [9.17, 15) is 14.0 Å². The lowest BCUT2D eigenvalue weighted by molar-refractivity contribution is -0.157. The van der Waals surface area contributed by atoms with Gasteiger partial charge in [-0.3, -0.25) is 0 Å². The monoisotopic (exact) mass is 416 g/mol. The topological polar surface area (TPSA) is 61.8 Å². The fraction of sp³-hybridized carbons (Fsp3) is 0.273. The van der Waals surface area contributed by atoms with Crippen molar-refractivity contribution in [2.75, 3.05) is 13.7 Å². The fourth-order valence-corrected chi connectivity index (χ4v) is 3.91. The van der Waals surface area contributed by atoms with Gasteiger partial charge in [0.25, 0.3) is 0 Å². The molecule has 0 radical (unpaired) electrons. The number of carbonyl (C=O) groups excluding carboxylic acids is 2. The number of thiophene rings is 1. The van der Waals surface area contributed by atoms with Crippen LogP contribution in [0.4, 0.5) is 4.39 Å². The number of hydrogen-bond acceptors (Lipinski definition) is 6. The van der Waals surface area contributed by atoms with Gasteiger partial charge in [0.15, 0.2) is 17.2 Å². The van der Waals surface area contributed by atoms with Gasteiger partial charge in [0.05, 0.1) is 7.11 Å². The fourth-order valence-electron chi connectivity index (χ4n) is 2.81. The molecule has 0 amide bonds. The van der Waals surface area contributed by atoms with Crippen LogP contribution in [0, 0.1) is 5.82 Å². The van der Waals surface area contributed by atoms with Gasteiger partial charge in [-0.2, -0.15) is 0 Å². The molecular formula is C22H21FO5S. The largest absolute Gasteiger partial charge is 0.479 e. The van der Waals surface area contributed by atoms with E-state index in [-0.39, 0.29) is 23.1 Å². The number of carbonyl (C=O) groups is 2. The Morgan fingerprint density at radius 1 is 1.10 bits per heavy atom. The highest BCUT2D eigenvalue weighted by atomic mass is 32.1. The van der Waals surface area contributed by atoms with Gasteiger partial charge in [0, 0.05) is 15.6 Å². The van der Waals surface area contributed by atoms with E-state index in [1.165, 1.54) is 13.2 Å². The Morgan fingerprint density at radius 3 is 2.48 bits per heavy atom. The number of fused-ring (bicyclic) bond motifs is 1. The highest BCUT2D eigenvalue weighted by molar-refractivity contribution is 7.21. The molecule has 0 aliphatic heterocycles. The number of hydrogen-bond donors (Lipinski definition) is 0. The third kappa shape index (κ3) is 4.74. The average Bonchev–Trinajstić information content (AvgIpc) is 3.02. The van der Waals surface area contributed by atoms with Gasteiger partial charge in [-0.05, 0) is 44.5 Å². The first-order valence-corrected chi connectivity index (χ1v) is 9.75. The smallest absolute Gasteiger partial charge is 0.351 e. The predicted octanol–water partition coefficient (Wildman–Crippen LogP) is 5.21. The number of rotatable bonds is 5. The first-order chi connectivity index (χ1) is 13.7. The van der Waals surface area contributed by atoms with E-state index in [1.807, 2.05) is 0 Å². The van der Waals surface area contributed by atoms with Crippen molar-refractivity contribution in [3.8, 4) is 16.9 Å². The van der Waals surface area contributed by atoms with Crippen LogP contribution in [0.1, 0.15) is 30.4 Å². The predicted molar refractivity (Wildman–Crippen MR) is 110 cm³/mol. The summed E-state index contributed by atoms with van der Waals surface area (Å²) in [4.78, 5) is 24.5. The van der Waals surface area contributed by atoms with Crippen molar-refractivity contribution in [3.05, 3.63) is 53.2 Å². The van der Waals surface area contributed by atoms with Crippen molar-refractivity contribution >= 4 is 33.4 Å². The van der Waals surface area contributed by atoms with E-state index in [1.54, 1.807) is 57.2 Å². The van der Waals surface area contributed by atoms with E-state index < -0.39 is 17.5 Å². The molecule has 5 nitrogen and oxygen atoms in total. The molecule has 0 atom stereocenters. The number of halogens is 1. The van der Waals surface area contributed by atoms with Gasteiger partial charge < -0.3 is 14.2 Å². The van der Waals surface area contributed by atoms with Crippen molar-refractivity contribution in [1.29, 1.82) is 0 Å². The Hall–Kier alpha value is -2.93. The second-order valence-corrected chi connectivity index (χ2v) is 8.37. The minimum atomic E-state index is -0.642. The lowest BCUT2D eigenvalue weighted by atomic mass is 10.0. The molecule has 0 unspecified atom stereocenters. The lowest BCUT2D eigenvalue weighted by Gasteiger charge is -2.19. The molecule has 0 bridgehead atoms. The molecule has 152 valence electrons. The highest BCUT2D eigenvalue weighted by Crippen LogP contribution is 2.40. The van der Waals surface area contributed by atoms with Crippen molar-refractivity contribution in [2.24, 2.45) is 0 Å². The number of methoxy groups -OCH3 is 1. The third-order valence-corrected chi connectivity index (χ3v) is 5.07. The summed E-state index contributed by atoms with van der Waals surface area (Å²) in [5.41, 5.74) is 0.488. The molecule has 0 fully saturated rings. The minimum absolute atomic E-state index is 0.233. The average molecular weight is 416 g/mol. The van der Waals surface area contributed by atoms with E-state index in [0.717, 1.165) is 11.3 Å². The summed E-state index contributed by atoms with van der Waals surface area (Å²) in [6, 6.07) is 11.7. The third-order valence-electron chi connectivity index (χ3n) is 3.95. The van der Waals surface area contributed by atoms with Crippen molar-refractivity contribution in [3.63, 3.8) is 0 Å². The van der Waals surface area contributed by atoms with Crippen LogP contribution in [0.3, 0.4) is 0 Å². The zero-order valence-electron chi connectivity index (χ0n) is 16.6. The summed E-state index contributed by atoms with van der Waals surface area (Å²) in [5.74, 6) is -1.20. The summed E-state index contributed by atoms with van der Waals surface area (Å²) in [6.07, 6.45) is 0. The van der Waals surface area contributed by atoms with Gasteiger partial charge in [-0.25, -0.2) is 14.0 Å². The van der Waals surface area contributed by atoms with E-state index in [4.69, 9.17) is 14.2 Å². The Bertz CT molecular complexity index is 1060. The number of esters is 2. The van der Waals surface area contributed by atoms with Crippen LogP contribution in [0.25, 0.3) is 21.2 Å². The minimum Gasteiger partial charge on any atom is -0.479 e. The molecule has 3 aromatic rings. The van der Waals surface area contributed by atoms with Gasteiger partial charge in [0.1, 0.15) is 11.4 Å². The maximum Gasteiger partial charge on any atom is 0.351 e. The number of ether oxygens (including phenoxy) is 3. The van der Waals surface area contributed by atoms with Crippen LogP contribution in [-0.4, -0.2) is 31.3 Å². The first kappa shape index (κ1) is 20.8. The summed E-state index contributed by atoms with van der Waals surface area (Å²) >= 11 is 1.16. The second kappa shape index (κ2) is 8.21. The van der Waals surface area contributed by atoms with Crippen molar-refractivity contribution in [1.82, 2.24) is 0 Å². The molecule has 1 heterocycles. The van der Waals surface area contributed by atoms with Gasteiger partial charge >= 0.3 is 11.9 Å². The Morgan fingerprint density at radius 2 is 1.83 bits per heavy atom. The first-order valence-electron chi connectivity index (χ1n) is 8.94. The zero-order chi connectivity index (χ0) is 21.2. The molecule has 2 aromatic carbocycles.